The van der Waals surface area contributed by atoms with Gasteiger partial charge in [-0.15, -0.1) is 0 Å². The summed E-state index contributed by atoms with van der Waals surface area (Å²) in [5.74, 6) is 0.943. The molecule has 0 radical (unpaired) electrons. The van der Waals surface area contributed by atoms with Gasteiger partial charge < -0.3 is 4.74 Å². The first-order chi connectivity index (χ1) is 9.79. The Labute approximate surface area is 120 Å². The summed E-state index contributed by atoms with van der Waals surface area (Å²) in [6.45, 7) is 2.58. The van der Waals surface area contributed by atoms with E-state index in [9.17, 15) is 4.79 Å². The Balaban J connectivity index is 1.79. The fourth-order valence-electron chi connectivity index (χ4n) is 2.07. The van der Waals surface area contributed by atoms with Crippen molar-refractivity contribution in [2.75, 3.05) is 6.61 Å². The molecule has 20 heavy (non-hydrogen) atoms. The fourth-order valence-corrected chi connectivity index (χ4v) is 2.07. The normalized spacial score (nSPS) is 10.2. The van der Waals surface area contributed by atoms with Crippen molar-refractivity contribution >= 4 is 5.78 Å². The van der Waals surface area contributed by atoms with Gasteiger partial charge in [0.1, 0.15) is 5.75 Å². The Kier molecular flexibility index (Phi) is 5.36. The van der Waals surface area contributed by atoms with E-state index in [0.29, 0.717) is 13.0 Å². The van der Waals surface area contributed by atoms with Crippen LogP contribution in [-0.2, 0) is 6.42 Å². The number of ether oxygens (including phenoxy) is 1. The van der Waals surface area contributed by atoms with Crippen LogP contribution in [0.15, 0.2) is 54.6 Å². The molecule has 2 heteroatoms. The van der Waals surface area contributed by atoms with Crippen LogP contribution in [0.5, 0.6) is 5.75 Å². The lowest BCUT2D eigenvalue weighted by Gasteiger charge is -2.07. The smallest absolute Gasteiger partial charge is 0.166 e. The SMILES string of the molecule is CCCc1ccc(OCCC(=O)c2ccccc2)cc1. The Hall–Kier alpha value is -2.09. The molecule has 0 aromatic heterocycles. The molecular weight excluding hydrogens is 248 g/mol. The van der Waals surface area contributed by atoms with Gasteiger partial charge in [-0.2, -0.15) is 0 Å². The van der Waals surface area contributed by atoms with Crippen LogP contribution < -0.4 is 4.74 Å². The number of Topliss-reactive ketones (excluding diaryl/α,β-unsaturated/α-hetero) is 1. The highest BCUT2D eigenvalue weighted by Gasteiger charge is 2.05. The molecule has 2 nitrogen and oxygen atoms in total. The second kappa shape index (κ2) is 7.49. The van der Waals surface area contributed by atoms with E-state index < -0.39 is 0 Å². The maximum atomic E-state index is 11.9. The Morgan fingerprint density at radius 2 is 1.70 bits per heavy atom. The van der Waals surface area contributed by atoms with Gasteiger partial charge in [-0.3, -0.25) is 4.79 Å². The fraction of sp³-hybridized carbons (Fsp3) is 0.278. The molecule has 2 aromatic carbocycles. The van der Waals surface area contributed by atoms with Crippen LogP contribution in [0.1, 0.15) is 35.7 Å². The highest BCUT2D eigenvalue weighted by Crippen LogP contribution is 2.14. The standard InChI is InChI=1S/C18H20O2/c1-2-6-15-9-11-17(12-10-15)20-14-13-18(19)16-7-4-3-5-8-16/h3-5,7-12H,2,6,13-14H2,1H3. The van der Waals surface area contributed by atoms with Crippen molar-refractivity contribution in [1.29, 1.82) is 0 Å². The number of hydrogen-bond acceptors (Lipinski definition) is 2. The summed E-state index contributed by atoms with van der Waals surface area (Å²) >= 11 is 0. The first kappa shape index (κ1) is 14.3. The zero-order valence-corrected chi connectivity index (χ0v) is 11.8. The van der Waals surface area contributed by atoms with Gasteiger partial charge in [0, 0.05) is 12.0 Å². The minimum absolute atomic E-state index is 0.119. The second-order valence-corrected chi connectivity index (χ2v) is 4.78. The van der Waals surface area contributed by atoms with Crippen LogP contribution in [-0.4, -0.2) is 12.4 Å². The molecule has 0 fully saturated rings. The molecule has 0 amide bonds. The van der Waals surface area contributed by atoms with Crippen molar-refractivity contribution in [3.05, 3.63) is 65.7 Å². The Morgan fingerprint density at radius 3 is 2.35 bits per heavy atom. The number of carbonyl (C=O) groups is 1. The second-order valence-electron chi connectivity index (χ2n) is 4.78. The maximum Gasteiger partial charge on any atom is 0.166 e. The molecule has 0 aliphatic rings. The van der Waals surface area contributed by atoms with E-state index in [1.54, 1.807) is 0 Å². The van der Waals surface area contributed by atoms with Gasteiger partial charge in [-0.25, -0.2) is 0 Å². The molecule has 0 heterocycles. The van der Waals surface area contributed by atoms with Gasteiger partial charge >= 0.3 is 0 Å². The number of rotatable bonds is 7. The van der Waals surface area contributed by atoms with E-state index >= 15 is 0 Å². The molecule has 104 valence electrons. The highest BCUT2D eigenvalue weighted by atomic mass is 16.5. The van der Waals surface area contributed by atoms with Gasteiger partial charge in [0.05, 0.1) is 6.61 Å². The van der Waals surface area contributed by atoms with Crippen LogP contribution in [0.25, 0.3) is 0 Å². The van der Waals surface area contributed by atoms with Crippen molar-refractivity contribution in [2.45, 2.75) is 26.2 Å². The molecule has 2 rings (SSSR count). The molecule has 0 saturated carbocycles. The van der Waals surface area contributed by atoms with Crippen molar-refractivity contribution in [3.63, 3.8) is 0 Å². The third-order valence-electron chi connectivity index (χ3n) is 3.16. The molecule has 0 unspecified atom stereocenters. The minimum atomic E-state index is 0.119. The molecule has 0 saturated heterocycles. The average Bonchev–Trinajstić information content (AvgIpc) is 2.50. The van der Waals surface area contributed by atoms with Crippen molar-refractivity contribution in [3.8, 4) is 5.75 Å². The Bertz CT molecular complexity index is 529. The van der Waals surface area contributed by atoms with Crippen molar-refractivity contribution in [1.82, 2.24) is 0 Å². The van der Waals surface area contributed by atoms with E-state index in [2.05, 4.69) is 19.1 Å². The van der Waals surface area contributed by atoms with E-state index in [0.717, 1.165) is 24.2 Å². The van der Waals surface area contributed by atoms with Crippen LogP contribution in [0.2, 0.25) is 0 Å². The minimum Gasteiger partial charge on any atom is -0.493 e. The summed E-state index contributed by atoms with van der Waals surface area (Å²) in [7, 11) is 0. The third-order valence-corrected chi connectivity index (χ3v) is 3.16. The first-order valence-electron chi connectivity index (χ1n) is 7.09. The summed E-state index contributed by atoms with van der Waals surface area (Å²) in [6.07, 6.45) is 2.64. The molecule has 2 aromatic rings. The van der Waals surface area contributed by atoms with E-state index in [1.807, 2.05) is 42.5 Å². The molecule has 0 N–H and O–H groups in total. The van der Waals surface area contributed by atoms with Gasteiger partial charge in [0.25, 0.3) is 0 Å². The van der Waals surface area contributed by atoms with Crippen LogP contribution in [0, 0.1) is 0 Å². The molecule has 0 atom stereocenters. The number of carbonyl (C=O) groups excluding carboxylic acids is 1. The third kappa shape index (κ3) is 4.23. The van der Waals surface area contributed by atoms with Gasteiger partial charge in [-0.05, 0) is 24.1 Å². The number of benzene rings is 2. The molecule has 0 bridgehead atoms. The molecule has 0 spiro atoms. The zero-order valence-electron chi connectivity index (χ0n) is 11.8. The summed E-state index contributed by atoms with van der Waals surface area (Å²) in [6, 6.07) is 17.4. The predicted octanol–water partition coefficient (Wildman–Crippen LogP) is 4.29. The van der Waals surface area contributed by atoms with E-state index in [-0.39, 0.29) is 5.78 Å². The zero-order chi connectivity index (χ0) is 14.2. The molecular formula is C18H20O2. The summed E-state index contributed by atoms with van der Waals surface area (Å²) < 4.78 is 5.61. The first-order valence-corrected chi connectivity index (χ1v) is 7.09. The van der Waals surface area contributed by atoms with Gasteiger partial charge in [-0.1, -0.05) is 55.8 Å². The quantitative estimate of drug-likeness (QED) is 0.700. The van der Waals surface area contributed by atoms with Crippen molar-refractivity contribution in [2.24, 2.45) is 0 Å². The largest absolute Gasteiger partial charge is 0.493 e. The number of aryl methyl sites for hydroxylation is 1. The predicted molar refractivity (Wildman–Crippen MR) is 81.3 cm³/mol. The highest BCUT2D eigenvalue weighted by molar-refractivity contribution is 5.96. The van der Waals surface area contributed by atoms with Gasteiger partial charge in [0.2, 0.25) is 0 Å². The van der Waals surface area contributed by atoms with E-state index in [4.69, 9.17) is 4.74 Å². The monoisotopic (exact) mass is 268 g/mol. The molecule has 0 aliphatic heterocycles. The lowest BCUT2D eigenvalue weighted by molar-refractivity contribution is 0.0962. The van der Waals surface area contributed by atoms with E-state index in [1.165, 1.54) is 5.56 Å². The van der Waals surface area contributed by atoms with Crippen LogP contribution in [0.3, 0.4) is 0 Å². The average molecular weight is 268 g/mol. The molecule has 0 aliphatic carbocycles. The van der Waals surface area contributed by atoms with Crippen molar-refractivity contribution < 1.29 is 9.53 Å². The lowest BCUT2D eigenvalue weighted by Crippen LogP contribution is -2.06. The number of hydrogen-bond donors (Lipinski definition) is 0. The summed E-state index contributed by atoms with van der Waals surface area (Å²) in [5.41, 5.74) is 2.06. The summed E-state index contributed by atoms with van der Waals surface area (Å²) in [5, 5.41) is 0. The maximum absolute atomic E-state index is 11.9. The summed E-state index contributed by atoms with van der Waals surface area (Å²) in [4.78, 5) is 11.9. The topological polar surface area (TPSA) is 26.3 Å². The lowest BCUT2D eigenvalue weighted by atomic mass is 10.1. The number of ketones is 1. The van der Waals surface area contributed by atoms with Crippen LogP contribution >= 0.6 is 0 Å². The van der Waals surface area contributed by atoms with Gasteiger partial charge in [0.15, 0.2) is 5.78 Å². The Morgan fingerprint density at radius 1 is 1.00 bits per heavy atom. The van der Waals surface area contributed by atoms with Crippen LogP contribution in [0.4, 0.5) is 0 Å².